The van der Waals surface area contributed by atoms with Gasteiger partial charge in [-0.3, -0.25) is 9.59 Å². The Kier molecular flexibility index (Phi) is 7.49. The van der Waals surface area contributed by atoms with Crippen molar-refractivity contribution in [1.29, 1.82) is 0 Å². The summed E-state index contributed by atoms with van der Waals surface area (Å²) < 4.78 is 27.9. The summed E-state index contributed by atoms with van der Waals surface area (Å²) in [5.41, 5.74) is 2.58. The molecule has 9 heteroatoms. The molecule has 2 aromatic carbocycles. The van der Waals surface area contributed by atoms with Crippen molar-refractivity contribution in [2.75, 3.05) is 25.0 Å². The Labute approximate surface area is 209 Å². The van der Waals surface area contributed by atoms with Crippen LogP contribution in [0.25, 0.3) is 0 Å². The van der Waals surface area contributed by atoms with Crippen LogP contribution in [0.3, 0.4) is 0 Å². The van der Waals surface area contributed by atoms with Crippen LogP contribution in [0.4, 0.5) is 5.69 Å². The van der Waals surface area contributed by atoms with Gasteiger partial charge in [0.2, 0.25) is 21.8 Å². The van der Waals surface area contributed by atoms with E-state index in [1.54, 1.807) is 16.2 Å². The maximum atomic E-state index is 13.6. The summed E-state index contributed by atoms with van der Waals surface area (Å²) in [4.78, 5) is 27.9. The molecule has 4 rings (SSSR count). The smallest absolute Gasteiger partial charge is 0.243 e. The van der Waals surface area contributed by atoms with Crippen molar-refractivity contribution in [1.82, 2.24) is 9.21 Å². The van der Waals surface area contributed by atoms with Gasteiger partial charge in [0.25, 0.3) is 0 Å². The third kappa shape index (κ3) is 5.37. The van der Waals surface area contributed by atoms with Gasteiger partial charge in [-0.25, -0.2) is 8.42 Å². The number of carbonyl (C=O) groups is 2. The van der Waals surface area contributed by atoms with Crippen molar-refractivity contribution in [3.8, 4) is 0 Å². The molecular weight excluding hydrogens is 482 g/mol. The average molecular weight is 510 g/mol. The second-order valence-corrected chi connectivity index (χ2v) is 11.2. The fourth-order valence-corrected chi connectivity index (χ4v) is 6.54. The monoisotopic (exact) mass is 509 g/mol. The third-order valence-electron chi connectivity index (χ3n) is 5.86. The number of nitrogens with one attached hydrogen (secondary N) is 1. The van der Waals surface area contributed by atoms with Gasteiger partial charge >= 0.3 is 0 Å². The summed E-state index contributed by atoms with van der Waals surface area (Å²) >= 11 is 1.68. The molecule has 0 saturated carbocycles. The Morgan fingerprint density at radius 2 is 1.86 bits per heavy atom. The number of sulfonamides is 1. The number of thiophene rings is 1. The van der Waals surface area contributed by atoms with E-state index in [0.717, 1.165) is 21.9 Å². The predicted octanol–water partition coefficient (Wildman–Crippen LogP) is 4.06. The zero-order valence-electron chi connectivity index (χ0n) is 19.4. The minimum absolute atomic E-state index is 0.00490. The molecule has 0 bridgehead atoms. The summed E-state index contributed by atoms with van der Waals surface area (Å²) in [6.07, 6.45) is 2.21. The number of benzene rings is 2. The first-order chi connectivity index (χ1) is 16.8. The summed E-state index contributed by atoms with van der Waals surface area (Å²) in [6.45, 7) is 5.27. The topological polar surface area (TPSA) is 86.8 Å². The molecule has 0 fully saturated rings. The summed E-state index contributed by atoms with van der Waals surface area (Å²) in [5, 5.41) is 4.65. The van der Waals surface area contributed by atoms with Crippen LogP contribution in [-0.4, -0.2) is 49.1 Å². The third-order valence-corrected chi connectivity index (χ3v) is 8.68. The number of hydrogen-bond acceptors (Lipinski definition) is 5. The summed E-state index contributed by atoms with van der Waals surface area (Å²) in [7, 11) is -3.97. The maximum Gasteiger partial charge on any atom is 0.243 e. The van der Waals surface area contributed by atoms with Crippen LogP contribution in [0.5, 0.6) is 0 Å². The van der Waals surface area contributed by atoms with Crippen molar-refractivity contribution >= 4 is 38.9 Å². The first-order valence-electron chi connectivity index (χ1n) is 11.2. The van der Waals surface area contributed by atoms with Gasteiger partial charge in [0, 0.05) is 30.6 Å². The molecule has 182 valence electrons. The lowest BCUT2D eigenvalue weighted by Gasteiger charge is -2.37. The summed E-state index contributed by atoms with van der Waals surface area (Å²) in [6, 6.07) is 17.5. The molecule has 0 saturated heterocycles. The largest absolute Gasteiger partial charge is 0.330 e. The van der Waals surface area contributed by atoms with Crippen molar-refractivity contribution in [2.45, 2.75) is 24.3 Å². The lowest BCUT2D eigenvalue weighted by Crippen LogP contribution is -2.46. The van der Waals surface area contributed by atoms with E-state index in [-0.39, 0.29) is 35.8 Å². The number of amides is 2. The molecule has 35 heavy (non-hydrogen) atoms. The van der Waals surface area contributed by atoms with Gasteiger partial charge in [0.1, 0.15) is 0 Å². The number of anilines is 1. The fraction of sp³-hybridized carbons (Fsp3) is 0.231. The molecule has 1 N–H and O–H groups in total. The predicted molar refractivity (Wildman–Crippen MR) is 138 cm³/mol. The Bertz CT molecular complexity index is 1320. The first kappa shape index (κ1) is 24.8. The Balaban J connectivity index is 1.60. The highest BCUT2D eigenvalue weighted by Gasteiger charge is 2.35. The number of carbonyl (C=O) groups excluding carboxylic acids is 2. The average Bonchev–Trinajstić information content (AvgIpc) is 3.32. The van der Waals surface area contributed by atoms with E-state index in [4.69, 9.17) is 0 Å². The van der Waals surface area contributed by atoms with Crippen LogP contribution >= 0.6 is 11.3 Å². The number of hydrogen-bond donors (Lipinski definition) is 1. The van der Waals surface area contributed by atoms with E-state index in [9.17, 15) is 18.0 Å². The molecule has 3 aromatic rings. The van der Waals surface area contributed by atoms with Crippen LogP contribution in [0, 0.1) is 0 Å². The first-order valence-corrected chi connectivity index (χ1v) is 13.5. The van der Waals surface area contributed by atoms with Gasteiger partial charge in [0.05, 0.1) is 17.5 Å². The molecule has 0 spiro atoms. The second kappa shape index (κ2) is 10.6. The Morgan fingerprint density at radius 3 is 2.51 bits per heavy atom. The van der Waals surface area contributed by atoms with Gasteiger partial charge in [0.15, 0.2) is 0 Å². The Hall–Kier alpha value is -3.27. The molecular formula is C26H27N3O4S2. The molecule has 7 nitrogen and oxygen atoms in total. The van der Waals surface area contributed by atoms with Gasteiger partial charge in [-0.15, -0.1) is 17.9 Å². The van der Waals surface area contributed by atoms with E-state index in [1.165, 1.54) is 42.1 Å². The molecule has 2 heterocycles. The minimum Gasteiger partial charge on any atom is -0.330 e. The molecule has 1 unspecified atom stereocenters. The van der Waals surface area contributed by atoms with Crippen LogP contribution in [0.15, 0.2) is 83.6 Å². The van der Waals surface area contributed by atoms with E-state index >= 15 is 0 Å². The molecule has 0 aliphatic carbocycles. The second-order valence-electron chi connectivity index (χ2n) is 8.24. The lowest BCUT2D eigenvalue weighted by atomic mass is 9.93. The molecule has 0 radical (unpaired) electrons. The summed E-state index contributed by atoms with van der Waals surface area (Å²) in [5.74, 6) is -0.515. The maximum absolute atomic E-state index is 13.6. The number of rotatable bonds is 8. The van der Waals surface area contributed by atoms with Gasteiger partial charge in [-0.05, 0) is 53.3 Å². The lowest BCUT2D eigenvalue weighted by molar-refractivity contribution is -0.133. The SMILES string of the molecule is C=CCN(CC(=O)N1CCc2sccc2C1c1ccccc1)S(=O)(=O)c1ccc(NC(C)=O)cc1. The minimum atomic E-state index is -3.97. The van der Waals surface area contributed by atoms with Crippen LogP contribution in [-0.2, 0) is 26.0 Å². The van der Waals surface area contributed by atoms with Crippen LogP contribution in [0.2, 0.25) is 0 Å². The molecule has 2 amide bonds. The van der Waals surface area contributed by atoms with E-state index in [2.05, 4.69) is 11.9 Å². The van der Waals surface area contributed by atoms with Crippen molar-refractivity contribution < 1.29 is 18.0 Å². The van der Waals surface area contributed by atoms with Crippen molar-refractivity contribution in [3.63, 3.8) is 0 Å². The van der Waals surface area contributed by atoms with Gasteiger partial charge in [-0.2, -0.15) is 4.31 Å². The molecule has 1 atom stereocenters. The van der Waals surface area contributed by atoms with Crippen molar-refractivity contribution in [3.05, 3.63) is 94.7 Å². The van der Waals surface area contributed by atoms with Crippen LogP contribution in [0.1, 0.15) is 29.0 Å². The number of nitrogens with zero attached hydrogens (tertiary/aromatic N) is 2. The molecule has 1 aliphatic rings. The van der Waals surface area contributed by atoms with Gasteiger partial charge in [-0.1, -0.05) is 36.4 Å². The van der Waals surface area contributed by atoms with Crippen LogP contribution < -0.4 is 5.32 Å². The normalized spacial score (nSPS) is 15.5. The van der Waals surface area contributed by atoms with E-state index < -0.39 is 10.0 Å². The Morgan fingerprint density at radius 1 is 1.14 bits per heavy atom. The van der Waals surface area contributed by atoms with Crippen molar-refractivity contribution in [2.24, 2.45) is 0 Å². The molecule has 1 aromatic heterocycles. The van der Waals surface area contributed by atoms with Gasteiger partial charge < -0.3 is 10.2 Å². The number of fused-ring (bicyclic) bond motifs is 1. The zero-order valence-corrected chi connectivity index (χ0v) is 21.0. The quantitative estimate of drug-likeness (QED) is 0.464. The van der Waals surface area contributed by atoms with E-state index in [0.29, 0.717) is 12.2 Å². The highest BCUT2D eigenvalue weighted by molar-refractivity contribution is 7.89. The molecule has 1 aliphatic heterocycles. The highest BCUT2D eigenvalue weighted by Crippen LogP contribution is 2.38. The standard InChI is InChI=1S/C26H27N3O4S2/c1-3-15-28(35(32,33)22-11-9-21(10-12-22)27-19(2)30)18-25(31)29-16-13-24-23(14-17-34-24)26(29)20-7-5-4-6-8-20/h3-12,14,17,26H,1,13,15-16,18H2,2H3,(H,27,30). The van der Waals surface area contributed by atoms with E-state index in [1.807, 2.05) is 41.8 Å². The zero-order chi connectivity index (χ0) is 25.0. The fourth-order valence-electron chi connectivity index (χ4n) is 4.28. The highest BCUT2D eigenvalue weighted by atomic mass is 32.2.